The second kappa shape index (κ2) is 6.02. The molecule has 0 aliphatic carbocycles. The van der Waals surface area contributed by atoms with Crippen LogP contribution < -0.4 is 9.47 Å². The van der Waals surface area contributed by atoms with E-state index in [1.807, 2.05) is 0 Å². The smallest absolute Gasteiger partial charge is 0.179 e. The predicted octanol–water partition coefficient (Wildman–Crippen LogP) is 3.50. The van der Waals surface area contributed by atoms with Crippen molar-refractivity contribution < 1.29 is 19.0 Å². The first-order chi connectivity index (χ1) is 9.45. The third-order valence-corrected chi connectivity index (χ3v) is 3.64. The van der Waals surface area contributed by atoms with Crippen LogP contribution in [0.2, 0.25) is 5.02 Å². The minimum absolute atomic E-state index is 0.0523. The number of hydrogen-bond donors (Lipinski definition) is 0. The summed E-state index contributed by atoms with van der Waals surface area (Å²) in [5.74, 6) is 0.907. The number of benzene rings is 1. The van der Waals surface area contributed by atoms with Crippen molar-refractivity contribution in [3.05, 3.63) is 22.7 Å². The minimum Gasteiger partial charge on any atom is -0.493 e. The summed E-state index contributed by atoms with van der Waals surface area (Å²) >= 11 is 6.13. The highest BCUT2D eigenvalue weighted by atomic mass is 35.5. The number of carbonyl (C=O) groups excluding carboxylic acids is 1. The molecule has 0 bridgehead atoms. The van der Waals surface area contributed by atoms with Gasteiger partial charge in [0.1, 0.15) is 12.9 Å². The monoisotopic (exact) mass is 298 g/mol. The molecule has 0 spiro atoms. The molecule has 0 amide bonds. The topological polar surface area (TPSA) is 44.8 Å². The molecule has 1 aliphatic heterocycles. The lowest BCUT2D eigenvalue weighted by molar-refractivity contribution is -0.0328. The van der Waals surface area contributed by atoms with E-state index in [1.54, 1.807) is 12.1 Å². The Hall–Kier alpha value is -1.26. The lowest BCUT2D eigenvalue weighted by Crippen LogP contribution is -2.24. The van der Waals surface area contributed by atoms with Gasteiger partial charge in [0.15, 0.2) is 11.5 Å². The second-order valence-electron chi connectivity index (χ2n) is 5.50. The van der Waals surface area contributed by atoms with Gasteiger partial charge in [-0.05, 0) is 38.8 Å². The fourth-order valence-corrected chi connectivity index (χ4v) is 2.59. The zero-order chi connectivity index (χ0) is 14.8. The van der Waals surface area contributed by atoms with E-state index in [1.165, 1.54) is 7.11 Å². The van der Waals surface area contributed by atoms with Crippen LogP contribution in [0.15, 0.2) is 12.1 Å². The zero-order valence-corrected chi connectivity index (χ0v) is 12.7. The molecule has 0 saturated carbocycles. The van der Waals surface area contributed by atoms with Crippen LogP contribution >= 0.6 is 11.6 Å². The first-order valence-electron chi connectivity index (χ1n) is 6.58. The van der Waals surface area contributed by atoms with E-state index in [9.17, 15) is 4.79 Å². The Morgan fingerprint density at radius 2 is 2.25 bits per heavy atom. The van der Waals surface area contributed by atoms with Crippen LogP contribution in [0.5, 0.6) is 11.5 Å². The summed E-state index contributed by atoms with van der Waals surface area (Å²) in [6.07, 6.45) is 2.74. The summed E-state index contributed by atoms with van der Waals surface area (Å²) < 4.78 is 16.8. The third kappa shape index (κ3) is 3.44. The normalized spacial score (nSPS) is 20.7. The SMILES string of the molecule is COc1cc(C=O)cc(Cl)c1OCC1CCC(C)(C)O1. The molecule has 20 heavy (non-hydrogen) atoms. The van der Waals surface area contributed by atoms with E-state index in [2.05, 4.69) is 13.8 Å². The molecule has 1 unspecified atom stereocenters. The van der Waals surface area contributed by atoms with E-state index in [0.717, 1.165) is 19.1 Å². The lowest BCUT2D eigenvalue weighted by Gasteiger charge is -2.20. The van der Waals surface area contributed by atoms with Crippen molar-refractivity contribution in [3.8, 4) is 11.5 Å². The maximum atomic E-state index is 10.8. The fraction of sp³-hybridized carbons (Fsp3) is 0.533. The molecular formula is C15H19ClO4. The Labute approximate surface area is 124 Å². The molecule has 5 heteroatoms. The molecule has 1 aromatic carbocycles. The van der Waals surface area contributed by atoms with Gasteiger partial charge in [0.05, 0.1) is 23.8 Å². The van der Waals surface area contributed by atoms with Gasteiger partial charge in [-0.3, -0.25) is 4.79 Å². The van der Waals surface area contributed by atoms with Gasteiger partial charge in [-0.25, -0.2) is 0 Å². The Morgan fingerprint density at radius 3 is 2.80 bits per heavy atom. The average Bonchev–Trinajstić information content (AvgIpc) is 2.76. The summed E-state index contributed by atoms with van der Waals surface area (Å²) in [6.45, 7) is 4.55. The van der Waals surface area contributed by atoms with Gasteiger partial charge in [-0.2, -0.15) is 0 Å². The van der Waals surface area contributed by atoms with E-state index < -0.39 is 0 Å². The molecule has 0 N–H and O–H groups in total. The molecular weight excluding hydrogens is 280 g/mol. The van der Waals surface area contributed by atoms with Gasteiger partial charge in [-0.1, -0.05) is 11.6 Å². The van der Waals surface area contributed by atoms with Gasteiger partial charge in [-0.15, -0.1) is 0 Å². The molecule has 4 nitrogen and oxygen atoms in total. The molecule has 110 valence electrons. The van der Waals surface area contributed by atoms with Crippen LogP contribution in [0.4, 0.5) is 0 Å². The molecule has 1 heterocycles. The molecule has 1 aliphatic rings. The van der Waals surface area contributed by atoms with Gasteiger partial charge in [0, 0.05) is 5.56 Å². The van der Waals surface area contributed by atoms with Crippen molar-refractivity contribution in [1.82, 2.24) is 0 Å². The number of carbonyl (C=O) groups is 1. The highest BCUT2D eigenvalue weighted by Gasteiger charge is 2.32. The Bertz CT molecular complexity index is 499. The van der Waals surface area contributed by atoms with Crippen LogP contribution in [-0.2, 0) is 4.74 Å². The van der Waals surface area contributed by atoms with Crippen LogP contribution in [0.25, 0.3) is 0 Å². The first kappa shape index (κ1) is 15.1. The molecule has 1 atom stereocenters. The van der Waals surface area contributed by atoms with Gasteiger partial charge >= 0.3 is 0 Å². The first-order valence-corrected chi connectivity index (χ1v) is 6.96. The summed E-state index contributed by atoms with van der Waals surface area (Å²) in [7, 11) is 1.52. The van der Waals surface area contributed by atoms with Crippen molar-refractivity contribution in [3.63, 3.8) is 0 Å². The van der Waals surface area contributed by atoms with Crippen LogP contribution in [0, 0.1) is 0 Å². The molecule has 2 rings (SSSR count). The number of rotatable bonds is 5. The summed E-state index contributed by atoms with van der Waals surface area (Å²) in [5.41, 5.74) is 0.362. The second-order valence-corrected chi connectivity index (χ2v) is 5.91. The number of halogens is 1. The van der Waals surface area contributed by atoms with Crippen LogP contribution in [0.1, 0.15) is 37.0 Å². The summed E-state index contributed by atoms with van der Waals surface area (Å²) in [4.78, 5) is 10.8. The van der Waals surface area contributed by atoms with E-state index in [-0.39, 0.29) is 11.7 Å². The molecule has 1 saturated heterocycles. The van der Waals surface area contributed by atoms with Gasteiger partial charge < -0.3 is 14.2 Å². The van der Waals surface area contributed by atoms with Crippen molar-refractivity contribution in [1.29, 1.82) is 0 Å². The molecule has 0 radical (unpaired) electrons. The van der Waals surface area contributed by atoms with Gasteiger partial charge in [0.25, 0.3) is 0 Å². The van der Waals surface area contributed by atoms with Crippen molar-refractivity contribution in [2.75, 3.05) is 13.7 Å². The molecule has 1 aromatic rings. The zero-order valence-electron chi connectivity index (χ0n) is 11.9. The standard InChI is InChI=1S/C15H19ClO4/c1-15(2)5-4-11(20-15)9-19-14-12(16)6-10(8-17)7-13(14)18-3/h6-8,11H,4-5,9H2,1-3H3. The van der Waals surface area contributed by atoms with E-state index >= 15 is 0 Å². The molecule has 0 aromatic heterocycles. The Kier molecular flexibility index (Phi) is 4.55. The quantitative estimate of drug-likeness (QED) is 0.781. The number of ether oxygens (including phenoxy) is 3. The van der Waals surface area contributed by atoms with Crippen molar-refractivity contribution in [2.45, 2.75) is 38.4 Å². The van der Waals surface area contributed by atoms with Crippen LogP contribution in [0.3, 0.4) is 0 Å². The van der Waals surface area contributed by atoms with Crippen molar-refractivity contribution >= 4 is 17.9 Å². The Balaban J connectivity index is 2.08. The van der Waals surface area contributed by atoms with E-state index in [4.69, 9.17) is 25.8 Å². The number of hydrogen-bond acceptors (Lipinski definition) is 4. The average molecular weight is 299 g/mol. The minimum atomic E-state index is -0.0940. The third-order valence-electron chi connectivity index (χ3n) is 3.36. The largest absolute Gasteiger partial charge is 0.493 e. The fourth-order valence-electron chi connectivity index (χ4n) is 2.32. The summed E-state index contributed by atoms with van der Waals surface area (Å²) in [5, 5.41) is 0.365. The Morgan fingerprint density at radius 1 is 1.50 bits per heavy atom. The predicted molar refractivity (Wildman–Crippen MR) is 77.1 cm³/mol. The maximum Gasteiger partial charge on any atom is 0.179 e. The van der Waals surface area contributed by atoms with E-state index in [0.29, 0.717) is 28.7 Å². The molecule has 1 fully saturated rings. The number of methoxy groups -OCH3 is 1. The lowest BCUT2D eigenvalue weighted by atomic mass is 10.1. The van der Waals surface area contributed by atoms with Crippen LogP contribution in [-0.4, -0.2) is 31.7 Å². The van der Waals surface area contributed by atoms with Crippen molar-refractivity contribution in [2.24, 2.45) is 0 Å². The summed E-state index contributed by atoms with van der Waals surface area (Å²) in [6, 6.07) is 3.17. The van der Waals surface area contributed by atoms with Gasteiger partial charge in [0.2, 0.25) is 0 Å². The maximum absolute atomic E-state index is 10.8. The highest BCUT2D eigenvalue weighted by molar-refractivity contribution is 6.32. The number of aldehydes is 1. The highest BCUT2D eigenvalue weighted by Crippen LogP contribution is 2.37.